The van der Waals surface area contributed by atoms with Crippen LogP contribution in [0.3, 0.4) is 0 Å². The van der Waals surface area contributed by atoms with Crippen LogP contribution in [0.2, 0.25) is 0 Å². The Morgan fingerprint density at radius 1 is 1.50 bits per heavy atom. The van der Waals surface area contributed by atoms with Crippen molar-refractivity contribution < 1.29 is 9.90 Å². The minimum absolute atomic E-state index is 0.0251. The molecule has 0 spiro atoms. The van der Waals surface area contributed by atoms with Crippen molar-refractivity contribution in [3.05, 3.63) is 0 Å². The third kappa shape index (κ3) is 2.96. The van der Waals surface area contributed by atoms with Gasteiger partial charge >= 0.3 is 0 Å². The number of hydrogen-bond donors (Lipinski definition) is 3. The van der Waals surface area contributed by atoms with Gasteiger partial charge in [-0.25, -0.2) is 0 Å². The highest BCUT2D eigenvalue weighted by atomic mass is 16.3. The van der Waals surface area contributed by atoms with Gasteiger partial charge in [0, 0.05) is 19.0 Å². The first-order valence-electron chi connectivity index (χ1n) is 5.29. The zero-order valence-corrected chi connectivity index (χ0v) is 8.81. The zero-order valence-electron chi connectivity index (χ0n) is 8.81. The van der Waals surface area contributed by atoms with Gasteiger partial charge in [-0.3, -0.25) is 4.79 Å². The molecular formula is C10H20N2O2. The zero-order chi connectivity index (χ0) is 10.4. The van der Waals surface area contributed by atoms with E-state index in [2.05, 4.69) is 10.6 Å². The summed E-state index contributed by atoms with van der Waals surface area (Å²) in [5.41, 5.74) is -0.0251. The van der Waals surface area contributed by atoms with Gasteiger partial charge < -0.3 is 15.7 Å². The van der Waals surface area contributed by atoms with E-state index in [9.17, 15) is 4.79 Å². The molecule has 0 aliphatic heterocycles. The second-order valence-corrected chi connectivity index (χ2v) is 4.00. The van der Waals surface area contributed by atoms with E-state index in [1.807, 2.05) is 0 Å². The number of aliphatic hydroxyl groups excluding tert-OH is 1. The maximum absolute atomic E-state index is 10.9. The summed E-state index contributed by atoms with van der Waals surface area (Å²) in [5.74, 6) is 0.0819. The van der Waals surface area contributed by atoms with E-state index in [-0.39, 0.29) is 18.1 Å². The molecule has 0 aromatic carbocycles. The highest BCUT2D eigenvalue weighted by Gasteiger charge is 2.35. The van der Waals surface area contributed by atoms with Gasteiger partial charge in [-0.2, -0.15) is 0 Å². The monoisotopic (exact) mass is 200 g/mol. The van der Waals surface area contributed by atoms with Crippen LogP contribution in [0, 0.1) is 0 Å². The van der Waals surface area contributed by atoms with E-state index in [0.717, 1.165) is 25.8 Å². The first kappa shape index (κ1) is 11.5. The second kappa shape index (κ2) is 5.32. The number of amides is 1. The molecule has 82 valence electrons. The smallest absolute Gasteiger partial charge is 0.219 e. The van der Waals surface area contributed by atoms with E-state index in [4.69, 9.17) is 5.11 Å². The number of carbonyl (C=O) groups excluding carboxylic acids is 1. The Balaban J connectivity index is 2.05. The molecule has 1 fully saturated rings. The topological polar surface area (TPSA) is 61.4 Å². The predicted octanol–water partition coefficient (Wildman–Crippen LogP) is 0.0172. The van der Waals surface area contributed by atoms with Crippen molar-refractivity contribution in [1.29, 1.82) is 0 Å². The molecule has 1 aliphatic carbocycles. The van der Waals surface area contributed by atoms with Gasteiger partial charge in [0.2, 0.25) is 5.91 Å². The second-order valence-electron chi connectivity index (χ2n) is 4.00. The Bertz CT molecular complexity index is 185. The molecule has 3 N–H and O–H groups in total. The summed E-state index contributed by atoms with van der Waals surface area (Å²) in [6.07, 6.45) is 4.71. The number of aliphatic hydroxyl groups is 1. The average molecular weight is 200 g/mol. The molecule has 1 amide bonds. The molecule has 0 atom stereocenters. The van der Waals surface area contributed by atoms with Crippen molar-refractivity contribution in [2.75, 3.05) is 20.2 Å². The Morgan fingerprint density at radius 3 is 2.64 bits per heavy atom. The Labute approximate surface area is 85.1 Å². The maximum atomic E-state index is 10.9. The number of hydrogen-bond acceptors (Lipinski definition) is 3. The van der Waals surface area contributed by atoms with Crippen LogP contribution in [-0.2, 0) is 4.79 Å². The largest absolute Gasteiger partial charge is 0.394 e. The predicted molar refractivity (Wildman–Crippen MR) is 55.0 cm³/mol. The molecule has 0 radical (unpaired) electrons. The van der Waals surface area contributed by atoms with Gasteiger partial charge in [0.25, 0.3) is 0 Å². The molecule has 0 bridgehead atoms. The van der Waals surface area contributed by atoms with Crippen molar-refractivity contribution in [2.24, 2.45) is 0 Å². The Morgan fingerprint density at radius 2 is 2.21 bits per heavy atom. The standard InChI is InChI=1S/C10H20N2O2/c1-11-9(14)4-2-7-12-10(8-13)5-3-6-10/h12-13H,2-8H2,1H3,(H,11,14). The summed E-state index contributed by atoms with van der Waals surface area (Å²) in [6, 6.07) is 0. The van der Waals surface area contributed by atoms with E-state index < -0.39 is 0 Å². The van der Waals surface area contributed by atoms with Gasteiger partial charge in [0.1, 0.15) is 0 Å². The summed E-state index contributed by atoms with van der Waals surface area (Å²) in [4.78, 5) is 10.9. The van der Waals surface area contributed by atoms with Crippen LogP contribution in [0.25, 0.3) is 0 Å². The van der Waals surface area contributed by atoms with Gasteiger partial charge in [0.05, 0.1) is 6.61 Å². The molecule has 4 heteroatoms. The van der Waals surface area contributed by atoms with Crippen LogP contribution >= 0.6 is 0 Å². The van der Waals surface area contributed by atoms with Crippen molar-refractivity contribution in [3.63, 3.8) is 0 Å². The van der Waals surface area contributed by atoms with Crippen LogP contribution < -0.4 is 10.6 Å². The third-order valence-corrected chi connectivity index (χ3v) is 2.97. The lowest BCUT2D eigenvalue weighted by atomic mass is 9.77. The SMILES string of the molecule is CNC(=O)CCCNC1(CO)CCC1. The summed E-state index contributed by atoms with van der Waals surface area (Å²) in [5, 5.41) is 15.1. The number of carbonyl (C=O) groups is 1. The van der Waals surface area contributed by atoms with Gasteiger partial charge in [0.15, 0.2) is 0 Å². The average Bonchev–Trinajstić information content (AvgIpc) is 2.15. The quantitative estimate of drug-likeness (QED) is 0.530. The van der Waals surface area contributed by atoms with Crippen LogP contribution in [0.5, 0.6) is 0 Å². The first-order valence-corrected chi connectivity index (χ1v) is 5.29. The van der Waals surface area contributed by atoms with Gasteiger partial charge in [-0.15, -0.1) is 0 Å². The van der Waals surface area contributed by atoms with E-state index >= 15 is 0 Å². The fourth-order valence-corrected chi connectivity index (χ4v) is 1.72. The normalized spacial score (nSPS) is 18.7. The van der Waals surface area contributed by atoms with E-state index in [1.165, 1.54) is 6.42 Å². The molecule has 0 saturated heterocycles. The summed E-state index contributed by atoms with van der Waals surface area (Å²) in [7, 11) is 1.65. The molecule has 4 nitrogen and oxygen atoms in total. The molecule has 1 rings (SSSR count). The van der Waals surface area contributed by atoms with Crippen LogP contribution in [0.4, 0.5) is 0 Å². The fraction of sp³-hybridized carbons (Fsp3) is 0.900. The Kier molecular flexibility index (Phi) is 4.35. The van der Waals surface area contributed by atoms with Crippen LogP contribution in [-0.4, -0.2) is 36.8 Å². The Hall–Kier alpha value is -0.610. The molecule has 1 saturated carbocycles. The lowest BCUT2D eigenvalue weighted by molar-refractivity contribution is -0.120. The summed E-state index contributed by atoms with van der Waals surface area (Å²) < 4.78 is 0. The van der Waals surface area contributed by atoms with Gasteiger partial charge in [-0.1, -0.05) is 0 Å². The van der Waals surface area contributed by atoms with Crippen molar-refractivity contribution in [2.45, 2.75) is 37.6 Å². The van der Waals surface area contributed by atoms with Crippen LogP contribution in [0.15, 0.2) is 0 Å². The minimum Gasteiger partial charge on any atom is -0.394 e. The van der Waals surface area contributed by atoms with Crippen molar-refractivity contribution in [1.82, 2.24) is 10.6 Å². The van der Waals surface area contributed by atoms with Crippen molar-refractivity contribution in [3.8, 4) is 0 Å². The molecule has 14 heavy (non-hydrogen) atoms. The van der Waals surface area contributed by atoms with E-state index in [1.54, 1.807) is 7.05 Å². The highest BCUT2D eigenvalue weighted by Crippen LogP contribution is 2.30. The summed E-state index contributed by atoms with van der Waals surface area (Å²) in [6.45, 7) is 1.03. The molecule has 0 aromatic rings. The fourth-order valence-electron chi connectivity index (χ4n) is 1.72. The maximum Gasteiger partial charge on any atom is 0.219 e. The number of rotatable bonds is 6. The lowest BCUT2D eigenvalue weighted by Gasteiger charge is -2.41. The highest BCUT2D eigenvalue weighted by molar-refractivity contribution is 5.75. The van der Waals surface area contributed by atoms with Crippen molar-refractivity contribution >= 4 is 5.91 Å². The van der Waals surface area contributed by atoms with E-state index in [0.29, 0.717) is 6.42 Å². The number of nitrogens with one attached hydrogen (secondary N) is 2. The molecule has 0 aromatic heterocycles. The lowest BCUT2D eigenvalue weighted by Crippen LogP contribution is -2.54. The summed E-state index contributed by atoms with van der Waals surface area (Å²) >= 11 is 0. The molecule has 0 unspecified atom stereocenters. The molecule has 1 aliphatic rings. The molecule has 0 heterocycles. The molecular weight excluding hydrogens is 180 g/mol. The van der Waals surface area contributed by atoms with Crippen LogP contribution in [0.1, 0.15) is 32.1 Å². The minimum atomic E-state index is -0.0251. The first-order chi connectivity index (χ1) is 6.72. The third-order valence-electron chi connectivity index (χ3n) is 2.97. The van der Waals surface area contributed by atoms with Gasteiger partial charge in [-0.05, 0) is 32.2 Å².